The zero-order valence-corrected chi connectivity index (χ0v) is 20.9. The third-order valence-electron chi connectivity index (χ3n) is 5.47. The molecular weight excluding hydrogens is 446 g/mol. The number of nitrogens with one attached hydrogen (secondary N) is 1. The molecule has 1 unspecified atom stereocenters. The topological polar surface area (TPSA) is 84.5 Å². The summed E-state index contributed by atoms with van der Waals surface area (Å²) in [6.45, 7) is 6.41. The van der Waals surface area contributed by atoms with Crippen molar-refractivity contribution in [3.63, 3.8) is 0 Å². The average molecular weight is 476 g/mol. The first-order valence-electron chi connectivity index (χ1n) is 10.3. The highest BCUT2D eigenvalue weighted by Gasteiger charge is 2.19. The number of ether oxygens (including phenoxy) is 2. The monoisotopic (exact) mass is 475 g/mol. The van der Waals surface area contributed by atoms with Gasteiger partial charge in [0.2, 0.25) is 5.91 Å². The quantitative estimate of drug-likeness (QED) is 0.505. The number of fused-ring (bicyclic) bond motifs is 1. The fourth-order valence-electron chi connectivity index (χ4n) is 3.40. The van der Waals surface area contributed by atoms with Gasteiger partial charge in [-0.2, -0.15) is 0 Å². The van der Waals surface area contributed by atoms with Gasteiger partial charge in [-0.1, -0.05) is 6.07 Å². The Hall–Kier alpha value is -2.52. The van der Waals surface area contributed by atoms with Crippen LogP contribution >= 0.6 is 23.1 Å². The first-order valence-corrected chi connectivity index (χ1v) is 12.2. The van der Waals surface area contributed by atoms with Crippen LogP contribution < -0.4 is 15.0 Å². The molecule has 0 spiro atoms. The molecular formula is C23H29N3O4S2. The minimum atomic E-state index is -0.252. The van der Waals surface area contributed by atoms with Gasteiger partial charge >= 0.3 is 0 Å². The van der Waals surface area contributed by atoms with Crippen LogP contribution in [-0.4, -0.2) is 53.8 Å². The highest BCUT2D eigenvalue weighted by atomic mass is 32.2. The number of thioether (sulfide) groups is 1. The minimum Gasteiger partial charge on any atom is -0.493 e. The summed E-state index contributed by atoms with van der Waals surface area (Å²) < 4.78 is 10.6. The van der Waals surface area contributed by atoms with Crippen molar-refractivity contribution in [1.29, 1.82) is 0 Å². The fourth-order valence-corrected chi connectivity index (χ4v) is 5.31. The zero-order valence-electron chi connectivity index (χ0n) is 19.3. The van der Waals surface area contributed by atoms with Gasteiger partial charge in [-0.05, 0) is 50.5 Å². The van der Waals surface area contributed by atoms with Crippen molar-refractivity contribution in [1.82, 2.24) is 14.9 Å². The van der Waals surface area contributed by atoms with Crippen LogP contribution in [0.2, 0.25) is 0 Å². The number of carbonyl (C=O) groups excluding carboxylic acids is 1. The van der Waals surface area contributed by atoms with Crippen LogP contribution in [0.4, 0.5) is 0 Å². The van der Waals surface area contributed by atoms with E-state index in [2.05, 4.69) is 9.97 Å². The fraction of sp³-hybridized carbons (Fsp3) is 0.435. The van der Waals surface area contributed by atoms with Crippen molar-refractivity contribution >= 4 is 39.2 Å². The van der Waals surface area contributed by atoms with E-state index in [1.165, 1.54) is 23.1 Å². The van der Waals surface area contributed by atoms with Crippen molar-refractivity contribution < 1.29 is 14.3 Å². The molecule has 3 aromatic rings. The minimum absolute atomic E-state index is 0.0433. The molecule has 1 atom stereocenters. The van der Waals surface area contributed by atoms with Gasteiger partial charge in [0.1, 0.15) is 10.7 Å². The van der Waals surface area contributed by atoms with Crippen molar-refractivity contribution in [3.05, 3.63) is 50.4 Å². The molecule has 7 nitrogen and oxygen atoms in total. The Morgan fingerprint density at radius 3 is 2.66 bits per heavy atom. The Kier molecular flexibility index (Phi) is 7.84. The summed E-state index contributed by atoms with van der Waals surface area (Å²) in [5, 5.41) is 0.415. The largest absolute Gasteiger partial charge is 0.493 e. The number of methoxy groups -OCH3 is 2. The van der Waals surface area contributed by atoms with Crippen LogP contribution in [-0.2, 0) is 17.0 Å². The molecule has 2 aromatic heterocycles. The lowest BCUT2D eigenvalue weighted by molar-refractivity contribution is -0.128. The number of amides is 1. The summed E-state index contributed by atoms with van der Waals surface area (Å²) in [5.74, 6) is 2.47. The number of aryl methyl sites for hydroxylation is 2. The lowest BCUT2D eigenvalue weighted by Crippen LogP contribution is -2.34. The Balaban J connectivity index is 1.57. The summed E-state index contributed by atoms with van der Waals surface area (Å²) >= 11 is 3.00. The standard InChI is InChI=1S/C23H29N3O4S2/c1-13-14(2)32-22-20(13)21(27)24-19(25-22)12-31-15(3)23(28)26(4)10-9-16-7-8-17(29-5)18(11-16)30-6/h7-8,11,15H,9-10,12H2,1-6H3,(H,24,25,27). The van der Waals surface area contributed by atoms with Gasteiger partial charge < -0.3 is 19.4 Å². The Bertz CT molecular complexity index is 1170. The molecule has 32 heavy (non-hydrogen) atoms. The van der Waals surface area contributed by atoms with E-state index in [-0.39, 0.29) is 16.7 Å². The van der Waals surface area contributed by atoms with E-state index in [0.29, 0.717) is 41.4 Å². The number of H-pyrrole nitrogens is 1. The number of thiophene rings is 1. The molecule has 0 bridgehead atoms. The number of nitrogens with zero attached hydrogens (tertiary/aromatic N) is 2. The molecule has 0 saturated carbocycles. The molecule has 9 heteroatoms. The Labute approximate surface area is 196 Å². The predicted molar refractivity (Wildman–Crippen MR) is 131 cm³/mol. The van der Waals surface area contributed by atoms with E-state index in [1.54, 1.807) is 19.1 Å². The molecule has 0 radical (unpaired) electrons. The average Bonchev–Trinajstić information content (AvgIpc) is 3.08. The van der Waals surface area contributed by atoms with E-state index < -0.39 is 0 Å². The van der Waals surface area contributed by atoms with E-state index >= 15 is 0 Å². The number of hydrogen-bond donors (Lipinski definition) is 1. The second-order valence-corrected chi connectivity index (χ2v) is 10.2. The maximum atomic E-state index is 12.8. The van der Waals surface area contributed by atoms with E-state index in [4.69, 9.17) is 9.47 Å². The lowest BCUT2D eigenvalue weighted by Gasteiger charge is -2.21. The van der Waals surface area contributed by atoms with E-state index in [0.717, 1.165) is 20.8 Å². The molecule has 3 rings (SSSR count). The van der Waals surface area contributed by atoms with E-state index in [1.807, 2.05) is 46.0 Å². The third-order valence-corrected chi connectivity index (χ3v) is 7.71. The molecule has 0 aliphatic carbocycles. The molecule has 1 aromatic carbocycles. The van der Waals surface area contributed by atoms with Crippen molar-refractivity contribution in [2.45, 2.75) is 38.2 Å². The third kappa shape index (κ3) is 5.27. The summed E-state index contributed by atoms with van der Waals surface area (Å²) in [5.41, 5.74) is 1.94. The van der Waals surface area contributed by atoms with Crippen LogP contribution in [0.3, 0.4) is 0 Å². The van der Waals surface area contributed by atoms with Crippen molar-refractivity contribution in [3.8, 4) is 11.5 Å². The van der Waals surface area contributed by atoms with Crippen LogP contribution in [0.5, 0.6) is 11.5 Å². The number of aromatic amines is 1. The molecule has 0 fully saturated rings. The molecule has 0 aliphatic rings. The molecule has 0 saturated heterocycles. The van der Waals surface area contributed by atoms with Gasteiger partial charge in [-0.15, -0.1) is 23.1 Å². The second kappa shape index (κ2) is 10.4. The first-order chi connectivity index (χ1) is 15.2. The van der Waals surface area contributed by atoms with Crippen LogP contribution in [0.25, 0.3) is 10.2 Å². The summed E-state index contributed by atoms with van der Waals surface area (Å²) in [6, 6.07) is 5.78. The van der Waals surface area contributed by atoms with Crippen molar-refractivity contribution in [2.24, 2.45) is 0 Å². The van der Waals surface area contributed by atoms with Gasteiger partial charge in [0, 0.05) is 18.5 Å². The maximum Gasteiger partial charge on any atom is 0.259 e. The van der Waals surface area contributed by atoms with Crippen LogP contribution in [0, 0.1) is 13.8 Å². The SMILES string of the molecule is COc1ccc(CCN(C)C(=O)C(C)SCc2nc3sc(C)c(C)c3c(=O)[nH]2)cc1OC. The lowest BCUT2D eigenvalue weighted by atomic mass is 10.1. The van der Waals surface area contributed by atoms with Gasteiger partial charge in [0.15, 0.2) is 11.5 Å². The summed E-state index contributed by atoms with van der Waals surface area (Å²) in [7, 11) is 5.02. The smallest absolute Gasteiger partial charge is 0.259 e. The maximum absolute atomic E-state index is 12.8. The zero-order chi connectivity index (χ0) is 23.4. The van der Waals surface area contributed by atoms with E-state index in [9.17, 15) is 9.59 Å². The summed E-state index contributed by atoms with van der Waals surface area (Å²) in [4.78, 5) is 36.3. The second-order valence-electron chi connectivity index (χ2n) is 7.63. The molecule has 1 amide bonds. The number of aromatic nitrogens is 2. The molecule has 0 aliphatic heterocycles. The number of rotatable bonds is 9. The van der Waals surface area contributed by atoms with Gasteiger partial charge in [-0.25, -0.2) is 4.98 Å². The van der Waals surface area contributed by atoms with Gasteiger partial charge in [0.05, 0.1) is 30.6 Å². The van der Waals surface area contributed by atoms with Gasteiger partial charge in [-0.3, -0.25) is 9.59 Å². The van der Waals surface area contributed by atoms with Crippen molar-refractivity contribution in [2.75, 3.05) is 27.8 Å². The number of hydrogen-bond acceptors (Lipinski definition) is 7. The molecule has 1 N–H and O–H groups in total. The highest BCUT2D eigenvalue weighted by Crippen LogP contribution is 2.28. The number of benzene rings is 1. The first kappa shape index (κ1) is 24.1. The van der Waals surface area contributed by atoms with Gasteiger partial charge in [0.25, 0.3) is 5.56 Å². The Morgan fingerprint density at radius 1 is 1.25 bits per heavy atom. The number of carbonyl (C=O) groups is 1. The molecule has 172 valence electrons. The number of likely N-dealkylation sites (N-methyl/N-ethyl adjacent to an activating group) is 1. The highest BCUT2D eigenvalue weighted by molar-refractivity contribution is 7.99. The van der Waals surface area contributed by atoms with Crippen LogP contribution in [0.15, 0.2) is 23.0 Å². The predicted octanol–water partition coefficient (Wildman–Crippen LogP) is 3.94. The normalized spacial score (nSPS) is 12.1. The summed E-state index contributed by atoms with van der Waals surface area (Å²) in [6.07, 6.45) is 0.711. The Morgan fingerprint density at radius 2 is 1.97 bits per heavy atom. The van der Waals surface area contributed by atoms with Crippen LogP contribution in [0.1, 0.15) is 28.8 Å². The molecule has 2 heterocycles.